The smallest absolute Gasteiger partial charge is 0.254 e. The summed E-state index contributed by atoms with van der Waals surface area (Å²) in [5.41, 5.74) is 3.71. The number of aromatic nitrogens is 1. The van der Waals surface area contributed by atoms with Crippen molar-refractivity contribution < 1.29 is 14.4 Å². The Balaban J connectivity index is 1.27. The van der Waals surface area contributed by atoms with E-state index in [-0.39, 0.29) is 18.2 Å². The zero-order valence-corrected chi connectivity index (χ0v) is 17.7. The first-order chi connectivity index (χ1) is 16.1. The Hall–Kier alpha value is -4.39. The number of anilines is 2. The van der Waals surface area contributed by atoms with Crippen molar-refractivity contribution in [3.63, 3.8) is 0 Å². The average Bonchev–Trinajstić information content (AvgIpc) is 3.16. The second-order valence-electron chi connectivity index (χ2n) is 8.02. The third-order valence-electron chi connectivity index (χ3n) is 5.69. The number of carbonyl (C=O) groups is 3. The predicted molar refractivity (Wildman–Crippen MR) is 127 cm³/mol. The van der Waals surface area contributed by atoms with Gasteiger partial charge in [0.15, 0.2) is 0 Å². The predicted octanol–water partition coefficient (Wildman–Crippen LogP) is 3.77. The minimum Gasteiger partial charge on any atom is -0.343 e. The standard InChI is InChI=1S/C26H22N4O3/c31-24(15-22-26(33)28-21-9-5-4-8-20(21)25(32)29-22)27-19-10-11-23-18(14-19)12-13-30(23)16-17-6-2-1-3-7-17/h1-14,22H,15-16H2,(H,27,31)(H,28,33)(H,29,32)/t22-/m1/s1. The molecule has 0 spiro atoms. The average molecular weight is 438 g/mol. The molecule has 33 heavy (non-hydrogen) atoms. The zero-order valence-electron chi connectivity index (χ0n) is 17.7. The molecule has 1 atom stereocenters. The normalized spacial score (nSPS) is 15.3. The van der Waals surface area contributed by atoms with Crippen LogP contribution in [0.25, 0.3) is 10.9 Å². The van der Waals surface area contributed by atoms with Crippen molar-refractivity contribution in [3.05, 3.63) is 96.2 Å². The summed E-state index contributed by atoms with van der Waals surface area (Å²) in [4.78, 5) is 37.6. The highest BCUT2D eigenvalue weighted by molar-refractivity contribution is 6.11. The maximum Gasteiger partial charge on any atom is 0.254 e. The van der Waals surface area contributed by atoms with Crippen LogP contribution in [-0.2, 0) is 16.1 Å². The van der Waals surface area contributed by atoms with Crippen molar-refractivity contribution in [1.82, 2.24) is 9.88 Å². The third kappa shape index (κ3) is 4.34. The van der Waals surface area contributed by atoms with Gasteiger partial charge in [-0.15, -0.1) is 0 Å². The van der Waals surface area contributed by atoms with Gasteiger partial charge in [-0.2, -0.15) is 0 Å². The highest BCUT2D eigenvalue weighted by atomic mass is 16.2. The summed E-state index contributed by atoms with van der Waals surface area (Å²) in [6, 6.07) is 23.7. The summed E-state index contributed by atoms with van der Waals surface area (Å²) in [5.74, 6) is -1.16. The van der Waals surface area contributed by atoms with Gasteiger partial charge in [-0.05, 0) is 42.0 Å². The lowest BCUT2D eigenvalue weighted by atomic mass is 10.1. The van der Waals surface area contributed by atoms with E-state index in [4.69, 9.17) is 0 Å². The third-order valence-corrected chi connectivity index (χ3v) is 5.69. The lowest BCUT2D eigenvalue weighted by Gasteiger charge is -2.14. The van der Waals surface area contributed by atoms with E-state index < -0.39 is 11.9 Å². The van der Waals surface area contributed by atoms with Crippen LogP contribution in [0.1, 0.15) is 22.3 Å². The van der Waals surface area contributed by atoms with Crippen LogP contribution in [0.4, 0.5) is 11.4 Å². The molecule has 0 saturated carbocycles. The number of benzene rings is 3. The number of rotatable bonds is 5. The molecule has 5 rings (SSSR count). The Kier molecular flexibility index (Phi) is 5.36. The molecular weight excluding hydrogens is 416 g/mol. The molecule has 4 aromatic rings. The topological polar surface area (TPSA) is 92.2 Å². The van der Waals surface area contributed by atoms with Crippen molar-refractivity contribution >= 4 is 40.0 Å². The van der Waals surface area contributed by atoms with Gasteiger partial charge in [-0.25, -0.2) is 0 Å². The van der Waals surface area contributed by atoms with E-state index in [9.17, 15) is 14.4 Å². The van der Waals surface area contributed by atoms with E-state index in [0.29, 0.717) is 16.9 Å². The fraction of sp³-hybridized carbons (Fsp3) is 0.115. The number of nitrogens with one attached hydrogen (secondary N) is 3. The molecule has 0 aliphatic carbocycles. The molecule has 3 amide bonds. The summed E-state index contributed by atoms with van der Waals surface area (Å²) in [7, 11) is 0. The van der Waals surface area contributed by atoms with E-state index in [1.807, 2.05) is 48.7 Å². The van der Waals surface area contributed by atoms with Crippen LogP contribution in [-0.4, -0.2) is 28.3 Å². The maximum atomic E-state index is 12.7. The van der Waals surface area contributed by atoms with Crippen LogP contribution in [0.2, 0.25) is 0 Å². The first-order valence-corrected chi connectivity index (χ1v) is 10.7. The Bertz CT molecular complexity index is 1360. The number of nitrogens with zero attached hydrogens (tertiary/aromatic N) is 1. The van der Waals surface area contributed by atoms with E-state index in [1.165, 1.54) is 5.56 Å². The minimum atomic E-state index is -0.958. The number of amides is 3. The monoisotopic (exact) mass is 438 g/mol. The fourth-order valence-corrected chi connectivity index (χ4v) is 4.05. The largest absolute Gasteiger partial charge is 0.343 e. The fourth-order valence-electron chi connectivity index (χ4n) is 4.05. The summed E-state index contributed by atoms with van der Waals surface area (Å²) in [5, 5.41) is 9.19. The number of hydrogen-bond acceptors (Lipinski definition) is 3. The Morgan fingerprint density at radius 1 is 0.939 bits per heavy atom. The van der Waals surface area contributed by atoms with Crippen LogP contribution in [0.15, 0.2) is 85.1 Å². The number of hydrogen-bond donors (Lipinski definition) is 3. The molecule has 0 fully saturated rings. The first kappa shape index (κ1) is 20.5. The molecule has 7 heteroatoms. The second kappa shape index (κ2) is 8.63. The van der Waals surface area contributed by atoms with Gasteiger partial charge >= 0.3 is 0 Å². The molecule has 0 bridgehead atoms. The van der Waals surface area contributed by atoms with Crippen LogP contribution < -0.4 is 16.0 Å². The van der Waals surface area contributed by atoms with Gasteiger partial charge in [0.25, 0.3) is 5.91 Å². The molecule has 7 nitrogen and oxygen atoms in total. The van der Waals surface area contributed by atoms with Gasteiger partial charge in [-0.3, -0.25) is 14.4 Å². The first-order valence-electron chi connectivity index (χ1n) is 10.7. The van der Waals surface area contributed by atoms with Crippen molar-refractivity contribution in [1.29, 1.82) is 0 Å². The maximum absolute atomic E-state index is 12.7. The SMILES string of the molecule is O=C(C[C@H]1NC(=O)c2ccccc2NC1=O)Nc1ccc2c(ccn2Cc2ccccc2)c1. The van der Waals surface area contributed by atoms with Crippen molar-refractivity contribution in [2.75, 3.05) is 10.6 Å². The van der Waals surface area contributed by atoms with Gasteiger partial charge < -0.3 is 20.5 Å². The Labute approximate surface area is 190 Å². The van der Waals surface area contributed by atoms with Crippen molar-refractivity contribution in [2.24, 2.45) is 0 Å². The molecule has 2 heterocycles. The molecular formula is C26H22N4O3. The van der Waals surface area contributed by atoms with Crippen molar-refractivity contribution in [3.8, 4) is 0 Å². The molecule has 1 aromatic heterocycles. The molecule has 0 unspecified atom stereocenters. The van der Waals surface area contributed by atoms with Crippen LogP contribution in [0, 0.1) is 0 Å². The highest BCUT2D eigenvalue weighted by Crippen LogP contribution is 2.23. The molecule has 3 N–H and O–H groups in total. The number of fused-ring (bicyclic) bond motifs is 2. The van der Waals surface area contributed by atoms with Crippen molar-refractivity contribution in [2.45, 2.75) is 19.0 Å². The van der Waals surface area contributed by atoms with Gasteiger partial charge in [-0.1, -0.05) is 42.5 Å². The molecule has 0 radical (unpaired) electrons. The molecule has 164 valence electrons. The second-order valence-corrected chi connectivity index (χ2v) is 8.02. The van der Waals surface area contributed by atoms with Gasteiger partial charge in [0.2, 0.25) is 11.8 Å². The summed E-state index contributed by atoms with van der Waals surface area (Å²) in [6.45, 7) is 0.759. The lowest BCUT2D eigenvalue weighted by Crippen LogP contribution is -2.43. The quantitative estimate of drug-likeness (QED) is 0.443. The molecule has 1 aliphatic heterocycles. The number of para-hydroxylation sites is 1. The van der Waals surface area contributed by atoms with E-state index >= 15 is 0 Å². The summed E-state index contributed by atoms with van der Waals surface area (Å²) in [6.07, 6.45) is 1.85. The van der Waals surface area contributed by atoms with Gasteiger partial charge in [0.05, 0.1) is 17.7 Å². The van der Waals surface area contributed by atoms with E-state index in [0.717, 1.165) is 17.4 Å². The zero-order chi connectivity index (χ0) is 22.8. The lowest BCUT2D eigenvalue weighted by molar-refractivity contribution is -0.122. The van der Waals surface area contributed by atoms with Crippen LogP contribution in [0.5, 0.6) is 0 Å². The summed E-state index contributed by atoms with van der Waals surface area (Å²) >= 11 is 0. The molecule has 0 saturated heterocycles. The van der Waals surface area contributed by atoms with Gasteiger partial charge in [0.1, 0.15) is 6.04 Å². The van der Waals surface area contributed by atoms with E-state index in [2.05, 4.69) is 32.7 Å². The molecule has 3 aromatic carbocycles. The molecule has 1 aliphatic rings. The van der Waals surface area contributed by atoms with Crippen LogP contribution >= 0.6 is 0 Å². The highest BCUT2D eigenvalue weighted by Gasteiger charge is 2.29. The van der Waals surface area contributed by atoms with Gasteiger partial charge in [0, 0.05) is 29.3 Å². The Morgan fingerprint density at radius 3 is 2.58 bits per heavy atom. The van der Waals surface area contributed by atoms with Crippen LogP contribution in [0.3, 0.4) is 0 Å². The summed E-state index contributed by atoms with van der Waals surface area (Å²) < 4.78 is 2.15. The number of carbonyl (C=O) groups excluding carboxylic acids is 3. The Morgan fingerprint density at radius 2 is 1.73 bits per heavy atom. The van der Waals surface area contributed by atoms with E-state index in [1.54, 1.807) is 24.3 Å². The minimum absolute atomic E-state index is 0.168.